The molecular weight excluding hydrogens is 302 g/mol. The van der Waals surface area contributed by atoms with Gasteiger partial charge in [-0.15, -0.1) is 0 Å². The molecule has 6 heteroatoms. The molecule has 1 aromatic carbocycles. The second-order valence-electron chi connectivity index (χ2n) is 4.36. The summed E-state index contributed by atoms with van der Waals surface area (Å²) in [7, 11) is 0. The van der Waals surface area contributed by atoms with Crippen molar-refractivity contribution >= 4 is 27.8 Å². The third-order valence-electron chi connectivity index (χ3n) is 3.18. The Kier molecular flexibility index (Phi) is 3.30. The molecule has 0 aliphatic heterocycles. The molecule has 2 rings (SSSR count). The second-order valence-corrected chi connectivity index (χ2v) is 5.22. The topological polar surface area (TPSA) is 86.6 Å². The average Bonchev–Trinajstić information content (AvgIpc) is 2.26. The van der Waals surface area contributed by atoms with E-state index in [4.69, 9.17) is 5.11 Å². The van der Waals surface area contributed by atoms with Gasteiger partial charge in [-0.2, -0.15) is 0 Å². The fourth-order valence-corrected chi connectivity index (χ4v) is 2.11. The van der Waals surface area contributed by atoms with Gasteiger partial charge in [0.1, 0.15) is 11.3 Å². The number of nitrogens with one attached hydrogen (secondary N) is 1. The van der Waals surface area contributed by atoms with Gasteiger partial charge in [-0.1, -0.05) is 0 Å². The largest absolute Gasteiger partial charge is 0.507 e. The number of carbonyl (C=O) groups is 2. The molecule has 18 heavy (non-hydrogen) atoms. The molecule has 0 heterocycles. The fraction of sp³-hybridized carbons (Fsp3) is 0.333. The molecule has 1 saturated carbocycles. The fourth-order valence-electron chi connectivity index (χ4n) is 1.87. The average molecular weight is 314 g/mol. The van der Waals surface area contributed by atoms with Gasteiger partial charge in [0.15, 0.2) is 0 Å². The summed E-state index contributed by atoms with van der Waals surface area (Å²) < 4.78 is 0.482. The summed E-state index contributed by atoms with van der Waals surface area (Å²) in [5.74, 6) is -1.55. The SMILES string of the molecule is O=C(NC1(C(=O)O)CCC1)c1ccc(Br)c(O)c1. The maximum Gasteiger partial charge on any atom is 0.329 e. The molecule has 0 unspecified atom stereocenters. The first-order chi connectivity index (χ1) is 8.44. The van der Waals surface area contributed by atoms with Crippen LogP contribution in [-0.4, -0.2) is 27.6 Å². The van der Waals surface area contributed by atoms with Gasteiger partial charge in [-0.05, 0) is 53.4 Å². The van der Waals surface area contributed by atoms with Crippen molar-refractivity contribution in [1.82, 2.24) is 5.32 Å². The van der Waals surface area contributed by atoms with Crippen LogP contribution < -0.4 is 5.32 Å². The molecule has 0 aromatic heterocycles. The van der Waals surface area contributed by atoms with E-state index in [2.05, 4.69) is 21.2 Å². The Balaban J connectivity index is 2.17. The van der Waals surface area contributed by atoms with Crippen molar-refractivity contribution in [2.45, 2.75) is 24.8 Å². The number of phenolic OH excluding ortho intramolecular Hbond substituents is 1. The molecule has 0 spiro atoms. The molecule has 96 valence electrons. The number of hydrogen-bond acceptors (Lipinski definition) is 3. The summed E-state index contributed by atoms with van der Waals surface area (Å²) in [6.07, 6.45) is 1.67. The molecule has 5 nitrogen and oxygen atoms in total. The van der Waals surface area contributed by atoms with E-state index >= 15 is 0 Å². The lowest BCUT2D eigenvalue weighted by atomic mass is 9.76. The van der Waals surface area contributed by atoms with Crippen molar-refractivity contribution in [3.8, 4) is 5.75 Å². The van der Waals surface area contributed by atoms with Gasteiger partial charge < -0.3 is 15.5 Å². The first kappa shape index (κ1) is 12.9. The van der Waals surface area contributed by atoms with Gasteiger partial charge in [0, 0.05) is 5.56 Å². The van der Waals surface area contributed by atoms with Gasteiger partial charge in [0.25, 0.3) is 5.91 Å². The lowest BCUT2D eigenvalue weighted by molar-refractivity contribution is -0.148. The van der Waals surface area contributed by atoms with Crippen molar-refractivity contribution in [2.24, 2.45) is 0 Å². The number of aromatic hydroxyl groups is 1. The highest BCUT2D eigenvalue weighted by atomic mass is 79.9. The van der Waals surface area contributed by atoms with E-state index in [1.807, 2.05) is 0 Å². The van der Waals surface area contributed by atoms with Gasteiger partial charge in [0.2, 0.25) is 0 Å². The Morgan fingerprint density at radius 3 is 2.44 bits per heavy atom. The van der Waals surface area contributed by atoms with Crippen molar-refractivity contribution in [3.05, 3.63) is 28.2 Å². The number of carboxylic acids is 1. The number of benzene rings is 1. The Hall–Kier alpha value is -1.56. The summed E-state index contributed by atoms with van der Waals surface area (Å²) in [6, 6.07) is 4.36. The number of rotatable bonds is 3. The first-order valence-corrected chi connectivity index (χ1v) is 6.28. The number of hydrogen-bond donors (Lipinski definition) is 3. The minimum absolute atomic E-state index is 0.0550. The number of aliphatic carboxylic acids is 1. The van der Waals surface area contributed by atoms with Crippen molar-refractivity contribution < 1.29 is 19.8 Å². The second kappa shape index (κ2) is 4.61. The van der Waals surface area contributed by atoms with Crippen LogP contribution in [0, 0.1) is 0 Å². The summed E-state index contributed by atoms with van der Waals surface area (Å²) in [6.45, 7) is 0. The van der Waals surface area contributed by atoms with Gasteiger partial charge in [-0.25, -0.2) is 4.79 Å². The first-order valence-electron chi connectivity index (χ1n) is 5.49. The highest BCUT2D eigenvalue weighted by Gasteiger charge is 2.45. The van der Waals surface area contributed by atoms with Crippen LogP contribution in [0.1, 0.15) is 29.6 Å². The third-order valence-corrected chi connectivity index (χ3v) is 3.85. The highest BCUT2D eigenvalue weighted by molar-refractivity contribution is 9.10. The van der Waals surface area contributed by atoms with Crippen LogP contribution in [0.4, 0.5) is 0 Å². The quantitative estimate of drug-likeness (QED) is 0.795. The van der Waals surface area contributed by atoms with E-state index in [1.165, 1.54) is 12.1 Å². The molecule has 1 aromatic rings. The molecule has 0 atom stereocenters. The van der Waals surface area contributed by atoms with Crippen LogP contribution in [0.3, 0.4) is 0 Å². The van der Waals surface area contributed by atoms with E-state index in [9.17, 15) is 14.7 Å². The summed E-state index contributed by atoms with van der Waals surface area (Å²) in [4.78, 5) is 23.0. The minimum Gasteiger partial charge on any atom is -0.507 e. The number of phenols is 1. The molecule has 3 N–H and O–H groups in total. The predicted molar refractivity (Wildman–Crippen MR) is 67.5 cm³/mol. The highest BCUT2D eigenvalue weighted by Crippen LogP contribution is 2.32. The molecule has 1 amide bonds. The van der Waals surface area contributed by atoms with Crippen LogP contribution in [0.15, 0.2) is 22.7 Å². The predicted octanol–water partition coefficient (Wildman–Crippen LogP) is 1.89. The van der Waals surface area contributed by atoms with E-state index in [1.54, 1.807) is 6.07 Å². The lowest BCUT2D eigenvalue weighted by Gasteiger charge is -2.38. The minimum atomic E-state index is -1.14. The third kappa shape index (κ3) is 2.20. The number of halogens is 1. The lowest BCUT2D eigenvalue weighted by Crippen LogP contribution is -2.59. The van der Waals surface area contributed by atoms with Crippen molar-refractivity contribution in [2.75, 3.05) is 0 Å². The zero-order valence-electron chi connectivity index (χ0n) is 9.44. The smallest absolute Gasteiger partial charge is 0.329 e. The van der Waals surface area contributed by atoms with Crippen molar-refractivity contribution in [3.63, 3.8) is 0 Å². The molecule has 1 aliphatic carbocycles. The van der Waals surface area contributed by atoms with Crippen LogP contribution in [-0.2, 0) is 4.79 Å². The maximum absolute atomic E-state index is 11.9. The van der Waals surface area contributed by atoms with E-state index in [0.29, 0.717) is 17.3 Å². The van der Waals surface area contributed by atoms with Crippen LogP contribution in [0.25, 0.3) is 0 Å². The Bertz CT molecular complexity index is 511. The zero-order valence-corrected chi connectivity index (χ0v) is 11.0. The van der Waals surface area contributed by atoms with E-state index in [-0.39, 0.29) is 11.3 Å². The number of amides is 1. The van der Waals surface area contributed by atoms with Gasteiger partial charge in [0.05, 0.1) is 4.47 Å². The van der Waals surface area contributed by atoms with Crippen LogP contribution >= 0.6 is 15.9 Å². The maximum atomic E-state index is 11.9. The summed E-state index contributed by atoms with van der Waals surface area (Å²) in [5.41, 5.74) is -0.900. The molecule has 1 fully saturated rings. The molecule has 0 radical (unpaired) electrons. The normalized spacial score (nSPS) is 16.7. The summed E-state index contributed by atoms with van der Waals surface area (Å²) >= 11 is 3.11. The van der Waals surface area contributed by atoms with Crippen LogP contribution in [0.2, 0.25) is 0 Å². The Morgan fingerprint density at radius 1 is 1.33 bits per heavy atom. The Morgan fingerprint density at radius 2 is 2.00 bits per heavy atom. The molecular formula is C12H12BrNO4. The number of carboxylic acid groups (broad SMARTS) is 1. The van der Waals surface area contributed by atoms with Crippen LogP contribution in [0.5, 0.6) is 5.75 Å². The number of carbonyl (C=O) groups excluding carboxylic acids is 1. The molecule has 1 aliphatic rings. The standard InChI is InChI=1S/C12H12BrNO4/c13-8-3-2-7(6-9(8)15)10(16)14-12(11(17)18)4-1-5-12/h2-3,6,15H,1,4-5H2,(H,14,16)(H,17,18). The van der Waals surface area contributed by atoms with Crippen molar-refractivity contribution in [1.29, 1.82) is 0 Å². The molecule has 0 bridgehead atoms. The van der Waals surface area contributed by atoms with Gasteiger partial charge >= 0.3 is 5.97 Å². The van der Waals surface area contributed by atoms with Gasteiger partial charge in [-0.3, -0.25) is 4.79 Å². The van der Waals surface area contributed by atoms with E-state index in [0.717, 1.165) is 6.42 Å². The van der Waals surface area contributed by atoms with E-state index < -0.39 is 17.4 Å². The zero-order chi connectivity index (χ0) is 13.3. The monoisotopic (exact) mass is 313 g/mol. The summed E-state index contributed by atoms with van der Waals surface area (Å²) in [5, 5.41) is 21.1. The Labute approximate surface area is 112 Å². The molecule has 0 saturated heterocycles.